The number of carboxylic acid groups (broad SMARTS) is 2. The molecule has 0 spiro atoms. The van der Waals surface area contributed by atoms with Crippen LogP contribution in [0.3, 0.4) is 0 Å². The van der Waals surface area contributed by atoms with Crippen LogP contribution in [0.25, 0.3) is 0 Å². The molecule has 1 saturated heterocycles. The van der Waals surface area contributed by atoms with Gasteiger partial charge in [0.1, 0.15) is 72.5 Å². The van der Waals surface area contributed by atoms with E-state index in [2.05, 4.69) is 63.2 Å². The second kappa shape index (κ2) is 46.2. The molecule has 0 aliphatic carbocycles. The molecule has 37 heteroatoms. The summed E-state index contributed by atoms with van der Waals surface area (Å²) in [6, 6.07) is -18.6. The number of aliphatic carboxylic acids is 2. The first kappa shape index (κ1) is 90.6. The van der Waals surface area contributed by atoms with Crippen molar-refractivity contribution in [1.82, 2.24) is 63.4 Å². The maximum atomic E-state index is 14.3. The van der Waals surface area contributed by atoms with Crippen molar-refractivity contribution in [2.24, 2.45) is 40.9 Å². The van der Waals surface area contributed by atoms with Gasteiger partial charge in [0.2, 0.25) is 82.7 Å². The Labute approximate surface area is 592 Å². The van der Waals surface area contributed by atoms with Crippen LogP contribution in [-0.4, -0.2) is 231 Å². The van der Waals surface area contributed by atoms with Crippen molar-refractivity contribution in [3.63, 3.8) is 0 Å². The predicted molar refractivity (Wildman–Crippen MR) is 364 cm³/mol. The number of nitrogens with two attached hydrogens (primary N) is 3. The van der Waals surface area contributed by atoms with Gasteiger partial charge in [0, 0.05) is 32.4 Å². The van der Waals surface area contributed by atoms with Gasteiger partial charge in [-0.05, 0) is 114 Å². The topological polar surface area (TPSA) is 594 Å². The Morgan fingerprint density at radius 2 is 0.941 bits per heavy atom. The summed E-state index contributed by atoms with van der Waals surface area (Å²) in [5, 5.41) is 67.8. The number of aliphatic hydroxyl groups is 2. The highest BCUT2D eigenvalue weighted by atomic mass is 16.5. The summed E-state index contributed by atoms with van der Waals surface area (Å²) < 4.78 is 4.56. The first-order valence-corrected chi connectivity index (χ1v) is 34.0. The number of allylic oxidation sites excluding steroid dienone is 1. The number of hydrogen-bond acceptors (Lipinski definition) is 21. The van der Waals surface area contributed by atoms with E-state index in [1.165, 1.54) is 26.8 Å². The van der Waals surface area contributed by atoms with Crippen molar-refractivity contribution in [3.05, 3.63) is 12.2 Å². The van der Waals surface area contributed by atoms with E-state index >= 15 is 0 Å². The number of aliphatic hydroxyl groups excluding tert-OH is 2. The predicted octanol–water partition coefficient (Wildman–Crippen LogP) is -4.77. The summed E-state index contributed by atoms with van der Waals surface area (Å²) in [4.78, 5) is 227. The third-order valence-electron chi connectivity index (χ3n) is 15.9. The van der Waals surface area contributed by atoms with Gasteiger partial charge in [-0.15, -0.1) is 0 Å². The number of methoxy groups -OCH3 is 1. The van der Waals surface area contributed by atoms with E-state index in [9.17, 15) is 102 Å². The molecule has 0 aromatic heterocycles. The Morgan fingerprint density at radius 1 is 0.510 bits per heavy atom. The van der Waals surface area contributed by atoms with E-state index in [1.54, 1.807) is 41.5 Å². The van der Waals surface area contributed by atoms with E-state index < -0.39 is 224 Å². The summed E-state index contributed by atoms with van der Waals surface area (Å²) in [6.45, 7) is 14.8. The fourth-order valence-corrected chi connectivity index (χ4v) is 10.7. The highest BCUT2D eigenvalue weighted by molar-refractivity contribution is 6.00. The van der Waals surface area contributed by atoms with Crippen LogP contribution in [0, 0.1) is 23.7 Å². The average molecular weight is 1450 g/mol. The number of carboxylic acids is 2. The van der Waals surface area contributed by atoms with Gasteiger partial charge >= 0.3 is 17.9 Å². The lowest BCUT2D eigenvalue weighted by Gasteiger charge is -2.31. The molecule has 1 rings (SSSR count). The number of nitrogens with zero attached hydrogens (tertiary/aromatic N) is 1. The standard InChI is InChI=1S/C65H109N15O22/c1-32(2)27-42(57(92)73-41(65(100)101)18-14-15-25-66)74-58(93)43(28-33(3)4)76-63(98)53(36(9)82)79-60(95)44(29-34(5)6)75-61(96)47-19-16-26-80(47)64(99)46(31-81)77-62(97)52(35(7)8)78-56(91)39(21-23-48(67)84)71-55(90)40(22-24-50(86)87)72-54(89)38(17-12-13-20-51(88)102-11)70-59(94)45(30-49(68)85)69-37(10)83/h13,20,32-36,38-47,52-53,81-82H,12,14-19,21-31,66H2,1-11H3,(H2,67,84)(H2,68,85)(H,69,83)(H,70,94)(H,71,90)(H,72,89)(H,73,92)(H,74,93)(H,75,96)(H,76,98)(H,77,97)(H,78,91)(H,79,95)(H,86,87)(H,100,101)/b20-13+/t36?,38-,39-,40-,41-,42-,43-,44-,45-,46-,47?,52-,53-/m0/s1. The lowest BCUT2D eigenvalue weighted by atomic mass is 9.99. The largest absolute Gasteiger partial charge is 0.481 e. The maximum absolute atomic E-state index is 14.3. The van der Waals surface area contributed by atoms with Crippen molar-refractivity contribution in [3.8, 4) is 0 Å². The molecule has 21 N–H and O–H groups in total. The highest BCUT2D eigenvalue weighted by Gasteiger charge is 2.42. The number of ether oxygens (including phenoxy) is 1. The summed E-state index contributed by atoms with van der Waals surface area (Å²) in [5.74, 6) is -19.0. The van der Waals surface area contributed by atoms with E-state index in [-0.39, 0.29) is 75.7 Å². The van der Waals surface area contributed by atoms with Gasteiger partial charge in [0.25, 0.3) is 0 Å². The van der Waals surface area contributed by atoms with Crippen LogP contribution in [0.4, 0.5) is 0 Å². The molecule has 1 aliphatic heterocycles. The Morgan fingerprint density at radius 3 is 1.39 bits per heavy atom. The van der Waals surface area contributed by atoms with Crippen molar-refractivity contribution in [1.29, 1.82) is 0 Å². The molecule has 102 heavy (non-hydrogen) atoms. The number of carbonyl (C=O) groups is 17. The SMILES string of the molecule is COC(=O)/C=C/CC[C@H](NC(=O)[C@H](CC(N)=O)NC(C)=O)C(=O)N[C@@H](CCC(=O)O)C(=O)N[C@@H](CCC(N)=O)C(=O)N[C@H](C(=O)N[C@@H](CO)C(=O)N1CCCC1C(=O)N[C@@H](CC(C)C)C(=O)N[C@H](C(=O)N[C@@H](CC(C)C)C(=O)N[C@@H](CC(C)C)C(=O)N[C@@H](CCCCN)C(=O)O)C(C)O)C(C)C. The zero-order chi connectivity index (χ0) is 77.8. The Balaban J connectivity index is 3.52. The van der Waals surface area contributed by atoms with Gasteiger partial charge in [-0.3, -0.25) is 71.9 Å². The maximum Gasteiger partial charge on any atom is 0.330 e. The van der Waals surface area contributed by atoms with Gasteiger partial charge in [-0.25, -0.2) is 9.59 Å². The minimum absolute atomic E-state index is 0.00404. The zero-order valence-corrected chi connectivity index (χ0v) is 60.0. The number of amides is 14. The molecular formula is C65H109N15O22. The quantitative estimate of drug-likeness (QED) is 0.0154. The number of carbonyl (C=O) groups excluding carboxylic acids is 15. The summed E-state index contributed by atoms with van der Waals surface area (Å²) in [6.07, 6.45) is -1.81. The Bertz CT molecular complexity index is 2930. The number of rotatable bonds is 48. The van der Waals surface area contributed by atoms with Crippen LogP contribution in [0.5, 0.6) is 0 Å². The number of primary amides is 2. The summed E-state index contributed by atoms with van der Waals surface area (Å²) in [5.41, 5.74) is 16.2. The lowest BCUT2D eigenvalue weighted by Crippen LogP contribution is -2.62. The van der Waals surface area contributed by atoms with Gasteiger partial charge in [-0.2, -0.15) is 0 Å². The average Bonchev–Trinajstić information content (AvgIpc) is 1.52. The van der Waals surface area contributed by atoms with Crippen LogP contribution >= 0.6 is 0 Å². The number of likely N-dealkylation sites (tertiary alicyclic amines) is 1. The van der Waals surface area contributed by atoms with Crippen molar-refractivity contribution in [2.45, 2.75) is 244 Å². The fourth-order valence-electron chi connectivity index (χ4n) is 10.7. The molecule has 0 radical (unpaired) electrons. The normalized spacial score (nSPS) is 16.4. The van der Waals surface area contributed by atoms with Crippen LogP contribution < -0.4 is 75.7 Å². The van der Waals surface area contributed by atoms with E-state index in [1.807, 2.05) is 0 Å². The van der Waals surface area contributed by atoms with E-state index in [4.69, 9.17) is 17.2 Å². The number of unbranched alkanes of at least 4 members (excludes halogenated alkanes) is 1. The second-order valence-corrected chi connectivity index (χ2v) is 26.7. The molecular weight excluding hydrogens is 1340 g/mol. The summed E-state index contributed by atoms with van der Waals surface area (Å²) >= 11 is 0. The lowest BCUT2D eigenvalue weighted by molar-refractivity contribution is -0.143. The van der Waals surface area contributed by atoms with Gasteiger partial charge in [0.05, 0.1) is 26.2 Å². The van der Waals surface area contributed by atoms with Gasteiger partial charge in [0.15, 0.2) is 0 Å². The molecule has 14 amide bonds. The van der Waals surface area contributed by atoms with Crippen LogP contribution in [0.15, 0.2) is 12.2 Å². The monoisotopic (exact) mass is 1450 g/mol. The molecule has 1 fully saturated rings. The molecule has 1 aliphatic rings. The van der Waals surface area contributed by atoms with Gasteiger partial charge in [-0.1, -0.05) is 61.5 Å². The van der Waals surface area contributed by atoms with E-state index in [0.717, 1.165) is 25.0 Å². The fraction of sp³-hybridized carbons (Fsp3) is 0.708. The minimum Gasteiger partial charge on any atom is -0.481 e. The summed E-state index contributed by atoms with van der Waals surface area (Å²) in [7, 11) is 1.10. The molecule has 1 heterocycles. The molecule has 37 nitrogen and oxygen atoms in total. The third kappa shape index (κ3) is 33.9. The Kier molecular flexibility index (Phi) is 41.0. The molecule has 0 aromatic carbocycles. The first-order chi connectivity index (χ1) is 47.7. The van der Waals surface area contributed by atoms with Crippen LogP contribution in [0.1, 0.15) is 166 Å². The van der Waals surface area contributed by atoms with Crippen LogP contribution in [0.2, 0.25) is 0 Å². The molecule has 2 unspecified atom stereocenters. The third-order valence-corrected chi connectivity index (χ3v) is 15.9. The molecule has 0 aromatic rings. The van der Waals surface area contributed by atoms with Crippen molar-refractivity contribution < 1.29 is 107 Å². The highest BCUT2D eigenvalue weighted by Crippen LogP contribution is 2.21. The number of hydrogen-bond donors (Lipinski definition) is 18. The molecule has 576 valence electrons. The minimum atomic E-state index is -1.83. The molecule has 0 saturated carbocycles. The van der Waals surface area contributed by atoms with Crippen LogP contribution in [-0.2, 0) is 86.2 Å². The van der Waals surface area contributed by atoms with Gasteiger partial charge < -0.3 is 106 Å². The molecule has 13 atom stereocenters. The zero-order valence-electron chi connectivity index (χ0n) is 60.0. The van der Waals surface area contributed by atoms with E-state index in [0.29, 0.717) is 19.4 Å². The smallest absolute Gasteiger partial charge is 0.330 e. The second-order valence-electron chi connectivity index (χ2n) is 26.7. The number of esters is 1. The number of nitrogens with one attached hydrogen (secondary N) is 11. The Hall–Kier alpha value is -9.39. The van der Waals surface area contributed by atoms with Crippen molar-refractivity contribution in [2.75, 3.05) is 26.8 Å². The molecule has 0 bridgehead atoms. The first-order valence-electron chi connectivity index (χ1n) is 34.0. The van der Waals surface area contributed by atoms with Crippen molar-refractivity contribution >= 4 is 101 Å².